The number of methoxy groups -OCH3 is 1. The predicted molar refractivity (Wildman–Crippen MR) is 70.9 cm³/mol. The summed E-state index contributed by atoms with van der Waals surface area (Å²) in [5.74, 6) is 1.86. The van der Waals surface area contributed by atoms with Crippen molar-refractivity contribution in [2.24, 2.45) is 0 Å². The quantitative estimate of drug-likeness (QED) is 0.925. The van der Waals surface area contributed by atoms with Gasteiger partial charge in [-0.2, -0.15) is 0 Å². The molecule has 2 aromatic rings. The van der Waals surface area contributed by atoms with Gasteiger partial charge in [0.2, 0.25) is 0 Å². The highest BCUT2D eigenvalue weighted by Gasteiger charge is 2.07. The van der Waals surface area contributed by atoms with Gasteiger partial charge in [0, 0.05) is 17.3 Å². The number of nitrogens with two attached hydrogens (primary N) is 1. The molecule has 0 atom stereocenters. The zero-order valence-corrected chi connectivity index (χ0v) is 11.2. The number of aryl methyl sites for hydroxylation is 1. The van der Waals surface area contributed by atoms with Gasteiger partial charge in [-0.1, -0.05) is 0 Å². The summed E-state index contributed by atoms with van der Waals surface area (Å²) in [6.07, 6.45) is 0. The minimum atomic E-state index is 0.472. The van der Waals surface area contributed by atoms with Gasteiger partial charge in [-0.25, -0.2) is 9.97 Å². The third-order valence-corrected chi connectivity index (χ3v) is 2.90. The van der Waals surface area contributed by atoms with Gasteiger partial charge in [-0.05, 0) is 41.1 Å². The first kappa shape index (κ1) is 11.9. The van der Waals surface area contributed by atoms with Crippen molar-refractivity contribution < 1.29 is 4.74 Å². The monoisotopic (exact) mass is 293 g/mol. The van der Waals surface area contributed by atoms with E-state index in [1.807, 2.05) is 25.1 Å². The average Bonchev–Trinajstić information content (AvgIpc) is 2.27. The van der Waals surface area contributed by atoms with Crippen LogP contribution in [-0.2, 0) is 0 Å². The third kappa shape index (κ3) is 2.55. The Morgan fingerprint density at radius 1 is 1.24 bits per heavy atom. The standard InChI is InChI=1S/C12H12BrN3O/c1-7-5-11(14)16-12(15-7)8-3-4-10(17-2)9(13)6-8/h3-6H,1-2H3,(H2,14,15,16). The van der Waals surface area contributed by atoms with Crippen LogP contribution in [-0.4, -0.2) is 17.1 Å². The first-order valence-electron chi connectivity index (χ1n) is 5.05. The van der Waals surface area contributed by atoms with Gasteiger partial charge in [0.25, 0.3) is 0 Å². The fourth-order valence-electron chi connectivity index (χ4n) is 1.53. The van der Waals surface area contributed by atoms with E-state index in [-0.39, 0.29) is 0 Å². The van der Waals surface area contributed by atoms with Gasteiger partial charge in [-0.3, -0.25) is 0 Å². The summed E-state index contributed by atoms with van der Waals surface area (Å²) in [7, 11) is 1.63. The highest BCUT2D eigenvalue weighted by Crippen LogP contribution is 2.29. The normalized spacial score (nSPS) is 10.3. The van der Waals surface area contributed by atoms with Gasteiger partial charge in [0.1, 0.15) is 11.6 Å². The van der Waals surface area contributed by atoms with Crippen molar-refractivity contribution in [3.63, 3.8) is 0 Å². The van der Waals surface area contributed by atoms with Crippen LogP contribution in [0.4, 0.5) is 5.82 Å². The molecule has 0 radical (unpaired) electrons. The summed E-state index contributed by atoms with van der Waals surface area (Å²) in [6.45, 7) is 1.89. The SMILES string of the molecule is COc1ccc(-c2nc(C)cc(N)n2)cc1Br. The third-order valence-electron chi connectivity index (χ3n) is 2.28. The molecule has 1 aromatic carbocycles. The molecule has 0 saturated carbocycles. The molecular formula is C12H12BrN3O. The van der Waals surface area contributed by atoms with E-state index in [0.717, 1.165) is 21.5 Å². The molecule has 17 heavy (non-hydrogen) atoms. The van der Waals surface area contributed by atoms with E-state index >= 15 is 0 Å². The van der Waals surface area contributed by atoms with Crippen LogP contribution in [0.15, 0.2) is 28.7 Å². The maximum absolute atomic E-state index is 5.70. The van der Waals surface area contributed by atoms with E-state index in [1.54, 1.807) is 13.2 Å². The second kappa shape index (κ2) is 4.71. The number of hydrogen-bond acceptors (Lipinski definition) is 4. The van der Waals surface area contributed by atoms with Crippen molar-refractivity contribution in [1.29, 1.82) is 0 Å². The number of ether oxygens (including phenoxy) is 1. The van der Waals surface area contributed by atoms with Gasteiger partial charge >= 0.3 is 0 Å². The van der Waals surface area contributed by atoms with Crippen LogP contribution in [0, 0.1) is 6.92 Å². The Balaban J connectivity index is 2.49. The molecule has 2 rings (SSSR count). The smallest absolute Gasteiger partial charge is 0.161 e. The molecular weight excluding hydrogens is 282 g/mol. The lowest BCUT2D eigenvalue weighted by atomic mass is 10.2. The number of nitrogen functional groups attached to an aromatic ring is 1. The minimum absolute atomic E-state index is 0.472. The van der Waals surface area contributed by atoms with Crippen LogP contribution >= 0.6 is 15.9 Å². The number of rotatable bonds is 2. The van der Waals surface area contributed by atoms with E-state index in [4.69, 9.17) is 10.5 Å². The zero-order chi connectivity index (χ0) is 12.4. The van der Waals surface area contributed by atoms with E-state index in [9.17, 15) is 0 Å². The van der Waals surface area contributed by atoms with Crippen LogP contribution in [0.25, 0.3) is 11.4 Å². The first-order chi connectivity index (χ1) is 8.10. The van der Waals surface area contributed by atoms with E-state index in [2.05, 4.69) is 25.9 Å². The highest BCUT2D eigenvalue weighted by molar-refractivity contribution is 9.10. The molecule has 0 aliphatic rings. The fraction of sp³-hybridized carbons (Fsp3) is 0.167. The summed E-state index contributed by atoms with van der Waals surface area (Å²) in [5.41, 5.74) is 7.45. The van der Waals surface area contributed by atoms with Crippen molar-refractivity contribution in [3.05, 3.63) is 34.4 Å². The highest BCUT2D eigenvalue weighted by atomic mass is 79.9. The summed E-state index contributed by atoms with van der Waals surface area (Å²) >= 11 is 3.43. The number of aromatic nitrogens is 2. The average molecular weight is 294 g/mol. The molecule has 4 nitrogen and oxygen atoms in total. The minimum Gasteiger partial charge on any atom is -0.496 e. The fourth-order valence-corrected chi connectivity index (χ4v) is 2.07. The van der Waals surface area contributed by atoms with E-state index in [1.165, 1.54) is 0 Å². The molecule has 0 aliphatic carbocycles. The molecule has 5 heteroatoms. The van der Waals surface area contributed by atoms with Gasteiger partial charge in [0.05, 0.1) is 11.6 Å². The Kier molecular flexibility index (Phi) is 3.28. The largest absolute Gasteiger partial charge is 0.496 e. The summed E-state index contributed by atoms with van der Waals surface area (Å²) in [6, 6.07) is 7.41. The number of benzene rings is 1. The van der Waals surface area contributed by atoms with Gasteiger partial charge in [-0.15, -0.1) is 0 Å². The van der Waals surface area contributed by atoms with Crippen molar-refractivity contribution in [3.8, 4) is 17.1 Å². The maximum Gasteiger partial charge on any atom is 0.161 e. The molecule has 0 spiro atoms. The van der Waals surface area contributed by atoms with Crippen molar-refractivity contribution in [1.82, 2.24) is 9.97 Å². The lowest BCUT2D eigenvalue weighted by molar-refractivity contribution is 0.412. The molecule has 88 valence electrons. The first-order valence-corrected chi connectivity index (χ1v) is 5.84. The molecule has 0 fully saturated rings. The van der Waals surface area contributed by atoms with Crippen LogP contribution in [0.2, 0.25) is 0 Å². The van der Waals surface area contributed by atoms with Crippen molar-refractivity contribution in [2.45, 2.75) is 6.92 Å². The summed E-state index contributed by atoms with van der Waals surface area (Å²) in [5, 5.41) is 0. The van der Waals surface area contributed by atoms with Crippen LogP contribution in [0.3, 0.4) is 0 Å². The van der Waals surface area contributed by atoms with Crippen molar-refractivity contribution >= 4 is 21.7 Å². The molecule has 0 amide bonds. The number of nitrogens with zero attached hydrogens (tertiary/aromatic N) is 2. The Hall–Kier alpha value is -1.62. The molecule has 1 heterocycles. The number of anilines is 1. The predicted octanol–water partition coefficient (Wildman–Crippen LogP) is 2.81. The molecule has 0 bridgehead atoms. The van der Waals surface area contributed by atoms with Crippen LogP contribution in [0.1, 0.15) is 5.69 Å². The zero-order valence-electron chi connectivity index (χ0n) is 9.57. The van der Waals surface area contributed by atoms with Crippen LogP contribution < -0.4 is 10.5 Å². The Bertz CT molecular complexity index is 537. The van der Waals surface area contributed by atoms with Crippen LogP contribution in [0.5, 0.6) is 5.75 Å². The molecule has 0 unspecified atom stereocenters. The van der Waals surface area contributed by atoms with E-state index in [0.29, 0.717) is 11.6 Å². The Morgan fingerprint density at radius 3 is 2.59 bits per heavy atom. The molecule has 0 aliphatic heterocycles. The summed E-state index contributed by atoms with van der Waals surface area (Å²) < 4.78 is 6.03. The second-order valence-electron chi connectivity index (χ2n) is 3.61. The Labute approximate surface area is 108 Å². The lowest BCUT2D eigenvalue weighted by Gasteiger charge is -2.06. The topological polar surface area (TPSA) is 61.0 Å². The second-order valence-corrected chi connectivity index (χ2v) is 4.46. The lowest BCUT2D eigenvalue weighted by Crippen LogP contribution is -1.97. The number of hydrogen-bond donors (Lipinski definition) is 1. The van der Waals surface area contributed by atoms with E-state index < -0.39 is 0 Å². The molecule has 2 N–H and O–H groups in total. The summed E-state index contributed by atoms with van der Waals surface area (Å²) in [4.78, 5) is 8.55. The number of halogens is 1. The van der Waals surface area contributed by atoms with Gasteiger partial charge < -0.3 is 10.5 Å². The Morgan fingerprint density at radius 2 is 2.00 bits per heavy atom. The molecule has 0 saturated heterocycles. The molecule has 1 aromatic heterocycles. The van der Waals surface area contributed by atoms with Crippen molar-refractivity contribution in [2.75, 3.05) is 12.8 Å². The van der Waals surface area contributed by atoms with Gasteiger partial charge in [0.15, 0.2) is 5.82 Å². The maximum atomic E-state index is 5.70.